The molecule has 0 rings (SSSR count). The molecule has 0 radical (unpaired) electrons. The van der Waals surface area contributed by atoms with Crippen LogP contribution in [0.2, 0.25) is 0 Å². The monoisotopic (exact) mass is 870 g/mol. The molecule has 62 heavy (non-hydrogen) atoms. The van der Waals surface area contributed by atoms with E-state index in [1.807, 2.05) is 0 Å². The Morgan fingerprint density at radius 3 is 1.26 bits per heavy atom. The fourth-order valence-electron chi connectivity index (χ4n) is 8.02. The van der Waals surface area contributed by atoms with E-state index in [0.29, 0.717) is 19.3 Å². The third-order valence-corrected chi connectivity index (χ3v) is 12.1. The molecule has 362 valence electrons. The van der Waals surface area contributed by atoms with E-state index in [2.05, 4.69) is 74.7 Å². The van der Waals surface area contributed by atoms with Crippen LogP contribution in [0.1, 0.15) is 271 Å². The Kier molecular flexibility index (Phi) is 48.1. The molecule has 0 aromatic carbocycles. The van der Waals surface area contributed by atoms with Crippen LogP contribution in [0.25, 0.3) is 0 Å². The van der Waals surface area contributed by atoms with Gasteiger partial charge in [0.25, 0.3) is 0 Å². The van der Waals surface area contributed by atoms with Gasteiger partial charge < -0.3 is 20.3 Å². The van der Waals surface area contributed by atoms with Crippen molar-refractivity contribution >= 4 is 11.9 Å². The maximum Gasteiger partial charge on any atom is 0.306 e. The van der Waals surface area contributed by atoms with Crippen molar-refractivity contribution < 1.29 is 24.5 Å². The Bertz CT molecular complexity index is 1070. The van der Waals surface area contributed by atoms with E-state index in [1.165, 1.54) is 141 Å². The summed E-state index contributed by atoms with van der Waals surface area (Å²) in [6.07, 6.45) is 60.3. The number of carbonyl (C=O) groups excluding carboxylic acids is 2. The first-order valence-corrected chi connectivity index (χ1v) is 26.9. The zero-order valence-corrected chi connectivity index (χ0v) is 41.3. The molecule has 1 amide bonds. The number of hydrogen-bond acceptors (Lipinski definition) is 5. The molecular weight excluding hydrogens is 767 g/mol. The van der Waals surface area contributed by atoms with Gasteiger partial charge in [0.2, 0.25) is 5.91 Å². The van der Waals surface area contributed by atoms with Crippen molar-refractivity contribution in [2.75, 3.05) is 6.61 Å². The summed E-state index contributed by atoms with van der Waals surface area (Å²) in [4.78, 5) is 26.2. The van der Waals surface area contributed by atoms with Crippen LogP contribution >= 0.6 is 0 Å². The molecule has 0 aliphatic carbocycles. The van der Waals surface area contributed by atoms with Gasteiger partial charge in [-0.05, 0) is 89.9 Å². The highest BCUT2D eigenvalue weighted by atomic mass is 16.5. The second-order valence-corrected chi connectivity index (χ2v) is 18.3. The van der Waals surface area contributed by atoms with Gasteiger partial charge in [-0.3, -0.25) is 9.59 Å². The average molecular weight is 870 g/mol. The molecule has 0 aliphatic rings. The zero-order valence-electron chi connectivity index (χ0n) is 41.3. The lowest BCUT2D eigenvalue weighted by Crippen LogP contribution is -2.46. The van der Waals surface area contributed by atoms with Crippen molar-refractivity contribution in [3.8, 4) is 0 Å². The van der Waals surface area contributed by atoms with Crippen molar-refractivity contribution in [2.24, 2.45) is 0 Å². The van der Waals surface area contributed by atoms with E-state index in [9.17, 15) is 19.8 Å². The summed E-state index contributed by atoms with van der Waals surface area (Å²) in [6, 6.07) is -0.704. The number of nitrogens with one attached hydrogen (secondary N) is 1. The van der Waals surface area contributed by atoms with E-state index in [1.54, 1.807) is 0 Å². The fraction of sp³-hybridized carbons (Fsp3) is 0.821. The third-order valence-electron chi connectivity index (χ3n) is 12.1. The van der Waals surface area contributed by atoms with Crippen LogP contribution in [0.3, 0.4) is 0 Å². The Morgan fingerprint density at radius 2 is 0.823 bits per heavy atom. The van der Waals surface area contributed by atoms with E-state index < -0.39 is 18.2 Å². The number of amides is 1. The summed E-state index contributed by atoms with van der Waals surface area (Å²) in [5.41, 5.74) is 0. The van der Waals surface area contributed by atoms with Gasteiger partial charge in [-0.15, -0.1) is 0 Å². The zero-order chi connectivity index (χ0) is 45.2. The van der Waals surface area contributed by atoms with E-state index in [0.717, 1.165) is 83.5 Å². The number of aliphatic hydroxyl groups is 2. The molecule has 0 aromatic heterocycles. The van der Waals surface area contributed by atoms with Gasteiger partial charge in [0.05, 0.1) is 25.2 Å². The number of hydrogen-bond donors (Lipinski definition) is 3. The topological polar surface area (TPSA) is 95.9 Å². The van der Waals surface area contributed by atoms with Crippen LogP contribution in [-0.2, 0) is 14.3 Å². The molecule has 3 unspecified atom stereocenters. The maximum atomic E-state index is 13.2. The predicted octanol–water partition coefficient (Wildman–Crippen LogP) is 16.2. The van der Waals surface area contributed by atoms with Gasteiger partial charge in [0.15, 0.2) is 0 Å². The summed E-state index contributed by atoms with van der Waals surface area (Å²) in [6.45, 7) is 6.42. The molecule has 0 aromatic rings. The van der Waals surface area contributed by atoms with Crippen LogP contribution in [0.4, 0.5) is 0 Å². The minimum atomic E-state index is -0.790. The smallest absolute Gasteiger partial charge is 0.306 e. The highest BCUT2D eigenvalue weighted by Gasteiger charge is 2.24. The number of ether oxygens (including phenoxy) is 1. The lowest BCUT2D eigenvalue weighted by Gasteiger charge is -2.24. The van der Waals surface area contributed by atoms with Gasteiger partial charge in [0, 0.05) is 6.42 Å². The molecule has 0 heterocycles. The lowest BCUT2D eigenvalue weighted by molar-refractivity contribution is -0.151. The van der Waals surface area contributed by atoms with Gasteiger partial charge in [-0.25, -0.2) is 0 Å². The molecule has 0 fully saturated rings. The summed E-state index contributed by atoms with van der Waals surface area (Å²) in [5.74, 6) is -0.485. The first kappa shape index (κ1) is 59.8. The maximum absolute atomic E-state index is 13.2. The van der Waals surface area contributed by atoms with Gasteiger partial charge >= 0.3 is 5.97 Å². The van der Waals surface area contributed by atoms with Crippen molar-refractivity contribution in [1.29, 1.82) is 0 Å². The summed E-state index contributed by atoms with van der Waals surface area (Å²) >= 11 is 0. The number of esters is 1. The van der Waals surface area contributed by atoms with Crippen LogP contribution in [0.5, 0.6) is 0 Å². The second kappa shape index (κ2) is 49.8. The predicted molar refractivity (Wildman–Crippen MR) is 269 cm³/mol. The van der Waals surface area contributed by atoms with Crippen molar-refractivity contribution in [3.05, 3.63) is 48.6 Å². The second-order valence-electron chi connectivity index (χ2n) is 18.3. The molecule has 0 spiro atoms. The molecule has 0 aliphatic heterocycles. The first-order valence-electron chi connectivity index (χ1n) is 26.9. The normalized spacial score (nSPS) is 13.6. The molecule has 0 saturated carbocycles. The largest absolute Gasteiger partial charge is 0.462 e. The van der Waals surface area contributed by atoms with E-state index in [-0.39, 0.29) is 24.9 Å². The van der Waals surface area contributed by atoms with Crippen LogP contribution in [0, 0.1) is 0 Å². The van der Waals surface area contributed by atoms with Gasteiger partial charge in [0.1, 0.15) is 6.10 Å². The van der Waals surface area contributed by atoms with Crippen molar-refractivity contribution in [1.82, 2.24) is 5.32 Å². The Balaban J connectivity index is 4.58. The van der Waals surface area contributed by atoms with Crippen LogP contribution < -0.4 is 5.32 Å². The van der Waals surface area contributed by atoms with Gasteiger partial charge in [-0.1, -0.05) is 217 Å². The third kappa shape index (κ3) is 44.4. The Morgan fingerprint density at radius 1 is 0.468 bits per heavy atom. The Hall–Kier alpha value is -2.18. The molecule has 6 heteroatoms. The Labute approximate surface area is 385 Å². The first-order chi connectivity index (χ1) is 30.5. The fourth-order valence-corrected chi connectivity index (χ4v) is 8.02. The highest BCUT2D eigenvalue weighted by Crippen LogP contribution is 2.18. The molecule has 0 saturated heterocycles. The summed E-state index contributed by atoms with van der Waals surface area (Å²) < 4.78 is 5.94. The number of allylic oxidation sites excluding steroid dienone is 8. The average Bonchev–Trinajstić information content (AvgIpc) is 3.26. The lowest BCUT2D eigenvalue weighted by atomic mass is 10.0. The minimum absolute atomic E-state index is 0.0695. The molecule has 3 atom stereocenters. The standard InChI is InChI=1S/C56H103NO5/c1-4-7-10-13-16-19-21-23-25-27-29-31-33-36-38-41-44-47-52(50-55(60)57-53(51-58)54(59)48-45-42-39-35-18-15-12-9-6-3)62-56(61)49-46-43-40-37-34-32-30-28-26-24-22-20-17-14-11-8-5-2/h16-17,19-20,23-26,52-54,58-59H,4-15,18,21-22,27-51H2,1-3H3,(H,57,60)/b19-16-,20-17-,25-23-,26-24-. The highest BCUT2D eigenvalue weighted by molar-refractivity contribution is 5.77. The molecular formula is C56H103NO5. The minimum Gasteiger partial charge on any atom is -0.462 e. The number of aliphatic hydroxyl groups excluding tert-OH is 2. The van der Waals surface area contributed by atoms with Crippen molar-refractivity contribution in [3.63, 3.8) is 0 Å². The molecule has 6 nitrogen and oxygen atoms in total. The molecule has 0 bridgehead atoms. The molecule has 3 N–H and O–H groups in total. The summed E-state index contributed by atoms with van der Waals surface area (Å²) in [7, 11) is 0. The number of unbranched alkanes of at least 4 members (excludes halogenated alkanes) is 28. The van der Waals surface area contributed by atoms with Crippen LogP contribution in [-0.4, -0.2) is 46.9 Å². The van der Waals surface area contributed by atoms with Crippen LogP contribution in [0.15, 0.2) is 48.6 Å². The van der Waals surface area contributed by atoms with Crippen molar-refractivity contribution in [2.45, 2.75) is 289 Å². The SMILES string of the molecule is CCCCC/C=C\C/C=C\CCCCCCCCCC(=O)OC(CCCCCCCCC/C=C\C/C=C\CCCCC)CC(=O)NC(CO)C(O)CCCCCCCCCCC. The van der Waals surface area contributed by atoms with E-state index in [4.69, 9.17) is 4.74 Å². The summed E-state index contributed by atoms with van der Waals surface area (Å²) in [5, 5.41) is 23.7. The quantitative estimate of drug-likeness (QED) is 0.0322. The number of rotatable bonds is 48. The number of carbonyl (C=O) groups is 2. The van der Waals surface area contributed by atoms with E-state index >= 15 is 0 Å². The van der Waals surface area contributed by atoms with Gasteiger partial charge in [-0.2, -0.15) is 0 Å².